The maximum atomic E-state index is 13.5. The average Bonchev–Trinajstić information content (AvgIpc) is 3.95. The molecule has 11 nitrogen and oxygen atoms in total. The third kappa shape index (κ3) is 8.30. The van der Waals surface area contributed by atoms with Gasteiger partial charge in [-0.25, -0.2) is 9.59 Å². The number of rotatable bonds is 13. The van der Waals surface area contributed by atoms with Crippen molar-refractivity contribution in [1.29, 1.82) is 0 Å². The Hall–Kier alpha value is -3.75. The first-order valence-corrected chi connectivity index (χ1v) is 14.9. The van der Waals surface area contributed by atoms with Crippen LogP contribution in [0.2, 0.25) is 0 Å². The Morgan fingerprint density at radius 1 is 1.02 bits per heavy atom. The van der Waals surface area contributed by atoms with E-state index in [1.807, 2.05) is 0 Å². The highest BCUT2D eigenvalue weighted by Gasteiger charge is 2.64. The zero-order valence-electron chi connectivity index (χ0n) is 24.3. The second-order valence-electron chi connectivity index (χ2n) is 11.5. The zero-order valence-corrected chi connectivity index (χ0v) is 24.3. The fourth-order valence-electron chi connectivity index (χ4n) is 5.64. The number of hydrogen-bond acceptors (Lipinski definition) is 9. The Kier molecular flexibility index (Phi) is 9.94. The van der Waals surface area contributed by atoms with E-state index in [0.29, 0.717) is 5.57 Å². The molecule has 3 atom stereocenters. The lowest BCUT2D eigenvalue weighted by Crippen LogP contribution is -2.44. The van der Waals surface area contributed by atoms with Crippen molar-refractivity contribution in [2.24, 2.45) is 11.8 Å². The van der Waals surface area contributed by atoms with Gasteiger partial charge in [0.05, 0.1) is 12.2 Å². The van der Waals surface area contributed by atoms with Gasteiger partial charge in [0.15, 0.2) is 12.4 Å². The van der Waals surface area contributed by atoms with Crippen LogP contribution >= 0.6 is 0 Å². The highest BCUT2D eigenvalue weighted by atomic mass is 19.4. The molecule has 1 aromatic carbocycles. The summed E-state index contributed by atoms with van der Waals surface area (Å²) in [6.45, 7) is -1.79. The number of benzene rings is 1. The van der Waals surface area contributed by atoms with Crippen molar-refractivity contribution < 1.29 is 56.4 Å². The molecule has 3 N–H and O–H groups in total. The summed E-state index contributed by atoms with van der Waals surface area (Å²) in [5.41, 5.74) is 0.551. The summed E-state index contributed by atoms with van der Waals surface area (Å²) in [5, 5.41) is 14.1. The molecule has 5 rings (SSSR count). The summed E-state index contributed by atoms with van der Waals surface area (Å²) < 4.78 is 60.4. The van der Waals surface area contributed by atoms with Crippen molar-refractivity contribution in [3.63, 3.8) is 0 Å². The Bertz CT molecular complexity index is 1340. The van der Waals surface area contributed by atoms with Gasteiger partial charge in [-0.05, 0) is 49.5 Å². The Morgan fingerprint density at radius 3 is 2.40 bits per heavy atom. The van der Waals surface area contributed by atoms with E-state index in [1.54, 1.807) is 18.2 Å². The summed E-state index contributed by atoms with van der Waals surface area (Å²) in [6.07, 6.45) is 0.484. The molecular weight excluding hydrogens is 601 g/mol. The van der Waals surface area contributed by atoms with Crippen molar-refractivity contribution in [1.82, 2.24) is 10.6 Å². The summed E-state index contributed by atoms with van der Waals surface area (Å²) in [6, 6.07) is 6.08. The molecule has 14 heteroatoms. The number of hydrogen-bond donors (Lipinski definition) is 3. The van der Waals surface area contributed by atoms with Gasteiger partial charge in [0.2, 0.25) is 11.8 Å². The van der Waals surface area contributed by atoms with Crippen LogP contribution in [0.25, 0.3) is 6.08 Å². The van der Waals surface area contributed by atoms with E-state index < -0.39 is 54.7 Å². The molecule has 2 amide bonds. The van der Waals surface area contributed by atoms with Gasteiger partial charge in [0.1, 0.15) is 18.3 Å². The van der Waals surface area contributed by atoms with Crippen LogP contribution in [-0.4, -0.2) is 85.4 Å². The molecule has 0 bridgehead atoms. The Labute approximate surface area is 257 Å². The monoisotopic (exact) mass is 636 g/mol. The first-order valence-electron chi connectivity index (χ1n) is 14.9. The topological polar surface area (TPSA) is 149 Å². The number of alkyl halides is 3. The number of nitrogens with one attached hydrogen (secondary N) is 2. The molecule has 1 aliphatic heterocycles. The fourth-order valence-corrected chi connectivity index (χ4v) is 5.64. The number of halogens is 3. The lowest BCUT2D eigenvalue weighted by molar-refractivity contribution is -0.209. The zero-order chi connectivity index (χ0) is 32.2. The molecule has 244 valence electrons. The van der Waals surface area contributed by atoms with E-state index in [9.17, 15) is 32.3 Å². The molecular formula is C31H35F3N2O9. The van der Waals surface area contributed by atoms with Crippen molar-refractivity contribution in [3.8, 4) is 0 Å². The predicted molar refractivity (Wildman–Crippen MR) is 150 cm³/mol. The minimum atomic E-state index is -4.68. The number of ether oxygens (including phenoxy) is 4. The van der Waals surface area contributed by atoms with Gasteiger partial charge >= 0.3 is 18.1 Å². The lowest BCUT2D eigenvalue weighted by atomic mass is 9.91. The second-order valence-corrected chi connectivity index (χ2v) is 11.5. The molecule has 0 radical (unpaired) electrons. The minimum Gasteiger partial charge on any atom is -0.456 e. The SMILES string of the molecule is O=C(CCNC(=O)C1=CC2OC(C3CC3)(C3CC3)OC2C(OC(=O)c2ccccc2C=CC(=O)OCC(F)(F)F)C1)NCCO. The highest BCUT2D eigenvalue weighted by molar-refractivity contribution is 5.96. The maximum Gasteiger partial charge on any atom is 0.422 e. The maximum absolute atomic E-state index is 13.5. The van der Waals surface area contributed by atoms with Crippen LogP contribution in [-0.2, 0) is 33.3 Å². The fraction of sp³-hybridized carbons (Fsp3) is 0.548. The number of carbonyl (C=O) groups excluding carboxylic acids is 4. The third-order valence-electron chi connectivity index (χ3n) is 7.99. The van der Waals surface area contributed by atoms with Gasteiger partial charge < -0.3 is 34.7 Å². The first-order chi connectivity index (χ1) is 21.5. The minimum absolute atomic E-state index is 0.00359. The van der Waals surface area contributed by atoms with Crippen molar-refractivity contribution in [3.05, 3.63) is 53.1 Å². The summed E-state index contributed by atoms with van der Waals surface area (Å²) in [5.74, 6) is -3.21. The largest absolute Gasteiger partial charge is 0.456 e. The van der Waals surface area contributed by atoms with Crippen LogP contribution in [0.1, 0.15) is 54.4 Å². The first kappa shape index (κ1) is 32.6. The van der Waals surface area contributed by atoms with Crippen LogP contribution in [0.5, 0.6) is 0 Å². The number of fused-ring (bicyclic) bond motifs is 1. The molecule has 3 aliphatic carbocycles. The molecule has 1 saturated heterocycles. The van der Waals surface area contributed by atoms with Gasteiger partial charge in [-0.3, -0.25) is 9.59 Å². The van der Waals surface area contributed by atoms with E-state index in [4.69, 9.17) is 19.3 Å². The number of aliphatic hydroxyl groups is 1. The molecule has 1 heterocycles. The Morgan fingerprint density at radius 2 is 1.73 bits per heavy atom. The van der Waals surface area contributed by atoms with Crippen LogP contribution in [0.15, 0.2) is 42.0 Å². The number of carbonyl (C=O) groups is 4. The molecule has 3 fully saturated rings. The van der Waals surface area contributed by atoms with E-state index >= 15 is 0 Å². The van der Waals surface area contributed by atoms with Crippen molar-refractivity contribution >= 4 is 29.8 Å². The summed E-state index contributed by atoms with van der Waals surface area (Å²) >= 11 is 0. The predicted octanol–water partition coefficient (Wildman–Crippen LogP) is 2.58. The molecule has 45 heavy (non-hydrogen) atoms. The van der Waals surface area contributed by atoms with Gasteiger partial charge in [0.25, 0.3) is 0 Å². The van der Waals surface area contributed by atoms with Crippen molar-refractivity contribution in [2.75, 3.05) is 26.3 Å². The van der Waals surface area contributed by atoms with Crippen LogP contribution in [0.3, 0.4) is 0 Å². The molecule has 0 aromatic heterocycles. The number of amides is 2. The molecule has 2 saturated carbocycles. The van der Waals surface area contributed by atoms with Crippen LogP contribution in [0, 0.1) is 11.8 Å². The molecule has 4 aliphatic rings. The standard InChI is InChI=1S/C31H35F3N2O9/c32-30(33,34)17-42-26(39)10-5-18-3-1-2-4-22(18)29(41)43-23-15-19(28(40)36-12-11-25(38)35-13-14-37)16-24-27(23)45-31(44-24,20-6-7-20)21-8-9-21/h1-5,10,16,20-21,23-24,27,37H,6-9,11-15,17H2,(H,35,38)(H,36,40). The number of esters is 2. The highest BCUT2D eigenvalue weighted by Crippen LogP contribution is 2.59. The normalized spacial score (nSPS) is 24.0. The Balaban J connectivity index is 1.30. The summed E-state index contributed by atoms with van der Waals surface area (Å²) in [7, 11) is 0. The quantitative estimate of drug-likeness (QED) is 0.219. The van der Waals surface area contributed by atoms with Gasteiger partial charge in [-0.15, -0.1) is 0 Å². The lowest BCUT2D eigenvalue weighted by Gasteiger charge is -2.31. The molecule has 0 spiro atoms. The van der Waals surface area contributed by atoms with E-state index in [1.165, 1.54) is 12.1 Å². The van der Waals surface area contributed by atoms with Gasteiger partial charge in [0, 0.05) is 49.4 Å². The smallest absolute Gasteiger partial charge is 0.422 e. The number of aliphatic hydroxyl groups excluding tert-OH is 1. The van der Waals surface area contributed by atoms with Gasteiger partial charge in [-0.1, -0.05) is 18.2 Å². The van der Waals surface area contributed by atoms with E-state index in [2.05, 4.69) is 15.4 Å². The van der Waals surface area contributed by atoms with E-state index in [-0.39, 0.29) is 61.4 Å². The average molecular weight is 637 g/mol. The van der Waals surface area contributed by atoms with Crippen LogP contribution in [0.4, 0.5) is 13.2 Å². The molecule has 3 unspecified atom stereocenters. The molecule has 1 aromatic rings. The van der Waals surface area contributed by atoms with E-state index in [0.717, 1.165) is 37.8 Å². The second kappa shape index (κ2) is 13.7. The summed E-state index contributed by atoms with van der Waals surface area (Å²) in [4.78, 5) is 50.3. The van der Waals surface area contributed by atoms with Gasteiger partial charge in [-0.2, -0.15) is 13.2 Å². The third-order valence-corrected chi connectivity index (χ3v) is 7.99. The van der Waals surface area contributed by atoms with Crippen LogP contribution < -0.4 is 10.6 Å². The van der Waals surface area contributed by atoms with Crippen molar-refractivity contribution in [2.45, 2.75) is 68.8 Å².